The zero-order valence-corrected chi connectivity index (χ0v) is 14.3. The Balaban J connectivity index is 1.96. The molecule has 6 heteroatoms. The van der Waals surface area contributed by atoms with Crippen molar-refractivity contribution in [2.24, 2.45) is 0 Å². The molecule has 0 spiro atoms. The van der Waals surface area contributed by atoms with Gasteiger partial charge < -0.3 is 10.4 Å². The van der Waals surface area contributed by atoms with E-state index in [0.717, 1.165) is 22.5 Å². The summed E-state index contributed by atoms with van der Waals surface area (Å²) >= 11 is 0. The lowest BCUT2D eigenvalue weighted by atomic mass is 10.1. The highest BCUT2D eigenvalue weighted by Crippen LogP contribution is 2.25. The Morgan fingerprint density at radius 3 is 2.50 bits per heavy atom. The van der Waals surface area contributed by atoms with Gasteiger partial charge >= 0.3 is 5.97 Å². The molecule has 0 atom stereocenters. The molecule has 0 aliphatic carbocycles. The molecule has 2 N–H and O–H groups in total. The number of carbonyl (C=O) groups excluding carboxylic acids is 1. The average Bonchev–Trinajstić information content (AvgIpc) is 3.04. The first-order chi connectivity index (χ1) is 12.5. The van der Waals surface area contributed by atoms with Crippen LogP contribution in [0.1, 0.15) is 18.4 Å². The molecule has 0 saturated heterocycles. The minimum Gasteiger partial charge on any atom is -0.481 e. The highest BCUT2D eigenvalue weighted by molar-refractivity contribution is 5.92. The van der Waals surface area contributed by atoms with E-state index in [-0.39, 0.29) is 18.7 Å². The fourth-order valence-electron chi connectivity index (χ4n) is 2.60. The normalized spacial score (nSPS) is 10.5. The van der Waals surface area contributed by atoms with E-state index in [2.05, 4.69) is 10.4 Å². The standard InChI is InChI=1S/C20H19N3O3/c1-14-6-5-9-16(12-14)23-18(21-19(24)10-11-20(25)26)13-17(22-23)15-7-3-2-4-8-15/h2-9,12-13H,10-11H2,1H3,(H,21,24)(H,25,26). The molecule has 3 rings (SSSR count). The van der Waals surface area contributed by atoms with Gasteiger partial charge in [-0.25, -0.2) is 4.68 Å². The number of aromatic nitrogens is 2. The lowest BCUT2D eigenvalue weighted by molar-refractivity contribution is -0.138. The number of aliphatic carboxylic acids is 1. The third-order valence-corrected chi connectivity index (χ3v) is 3.86. The molecule has 132 valence electrons. The number of rotatable bonds is 6. The predicted molar refractivity (Wildman–Crippen MR) is 99.2 cm³/mol. The van der Waals surface area contributed by atoms with Gasteiger partial charge in [0.2, 0.25) is 5.91 Å². The summed E-state index contributed by atoms with van der Waals surface area (Å²) in [7, 11) is 0. The number of aryl methyl sites for hydroxylation is 1. The molecule has 1 heterocycles. The average molecular weight is 349 g/mol. The predicted octanol–water partition coefficient (Wildman–Crippen LogP) is 3.65. The van der Waals surface area contributed by atoms with Gasteiger partial charge in [0.15, 0.2) is 0 Å². The molecule has 26 heavy (non-hydrogen) atoms. The van der Waals surface area contributed by atoms with Crippen LogP contribution in [0.15, 0.2) is 60.7 Å². The molecule has 0 aliphatic heterocycles. The van der Waals surface area contributed by atoms with E-state index in [1.807, 2.05) is 61.5 Å². The zero-order valence-electron chi connectivity index (χ0n) is 14.3. The highest BCUT2D eigenvalue weighted by Gasteiger charge is 2.14. The summed E-state index contributed by atoms with van der Waals surface area (Å²) < 4.78 is 1.66. The summed E-state index contributed by atoms with van der Waals surface area (Å²) in [6.07, 6.45) is -0.301. The number of nitrogens with one attached hydrogen (secondary N) is 1. The van der Waals surface area contributed by atoms with Crippen LogP contribution in [0.4, 0.5) is 5.82 Å². The maximum absolute atomic E-state index is 12.1. The number of hydrogen-bond donors (Lipinski definition) is 2. The summed E-state index contributed by atoms with van der Waals surface area (Å²) in [6, 6.07) is 19.2. The quantitative estimate of drug-likeness (QED) is 0.711. The third kappa shape index (κ3) is 4.16. The van der Waals surface area contributed by atoms with Gasteiger partial charge in [0.25, 0.3) is 0 Å². The van der Waals surface area contributed by atoms with Crippen molar-refractivity contribution in [2.45, 2.75) is 19.8 Å². The Hall–Kier alpha value is -3.41. The summed E-state index contributed by atoms with van der Waals surface area (Å²) in [5.74, 6) is -0.858. The Morgan fingerprint density at radius 2 is 1.81 bits per heavy atom. The molecule has 0 bridgehead atoms. The van der Waals surface area contributed by atoms with Gasteiger partial charge in [-0.05, 0) is 24.6 Å². The Labute approximate surface area is 151 Å². The molecule has 6 nitrogen and oxygen atoms in total. The van der Waals surface area contributed by atoms with Crippen LogP contribution in [-0.4, -0.2) is 26.8 Å². The smallest absolute Gasteiger partial charge is 0.303 e. The molecule has 0 unspecified atom stereocenters. The van der Waals surface area contributed by atoms with Gasteiger partial charge in [0.05, 0.1) is 17.8 Å². The monoisotopic (exact) mass is 349 g/mol. The second-order valence-electron chi connectivity index (χ2n) is 5.97. The minimum absolute atomic E-state index is 0.0883. The lowest BCUT2D eigenvalue weighted by Crippen LogP contribution is -2.16. The minimum atomic E-state index is -1.00. The number of anilines is 1. The molecule has 0 aliphatic rings. The van der Waals surface area contributed by atoms with Gasteiger partial charge in [0.1, 0.15) is 5.82 Å². The topological polar surface area (TPSA) is 84.2 Å². The van der Waals surface area contributed by atoms with Crippen LogP contribution in [0.3, 0.4) is 0 Å². The largest absolute Gasteiger partial charge is 0.481 e. The van der Waals surface area contributed by atoms with Crippen LogP contribution in [-0.2, 0) is 9.59 Å². The van der Waals surface area contributed by atoms with E-state index in [4.69, 9.17) is 5.11 Å². The van der Waals surface area contributed by atoms with Crippen molar-refractivity contribution in [1.29, 1.82) is 0 Å². The lowest BCUT2D eigenvalue weighted by Gasteiger charge is -2.09. The van der Waals surface area contributed by atoms with Crippen LogP contribution in [0.5, 0.6) is 0 Å². The molecular weight excluding hydrogens is 330 g/mol. The van der Waals surface area contributed by atoms with E-state index >= 15 is 0 Å². The third-order valence-electron chi connectivity index (χ3n) is 3.86. The van der Waals surface area contributed by atoms with Crippen molar-refractivity contribution >= 4 is 17.7 Å². The first kappa shape index (κ1) is 17.4. The summed E-state index contributed by atoms with van der Waals surface area (Å²) in [4.78, 5) is 22.8. The van der Waals surface area contributed by atoms with Crippen LogP contribution >= 0.6 is 0 Å². The van der Waals surface area contributed by atoms with Gasteiger partial charge in [-0.1, -0.05) is 42.5 Å². The number of carboxylic acid groups (broad SMARTS) is 1. The summed E-state index contributed by atoms with van der Waals surface area (Å²) in [6.45, 7) is 1.98. The van der Waals surface area contributed by atoms with E-state index in [1.54, 1.807) is 10.7 Å². The van der Waals surface area contributed by atoms with Crippen LogP contribution in [0, 0.1) is 6.92 Å². The number of carboxylic acids is 1. The van der Waals surface area contributed by atoms with E-state index in [0.29, 0.717) is 5.82 Å². The fraction of sp³-hybridized carbons (Fsp3) is 0.150. The zero-order chi connectivity index (χ0) is 18.5. The first-order valence-electron chi connectivity index (χ1n) is 8.27. The van der Waals surface area contributed by atoms with Gasteiger partial charge in [-0.2, -0.15) is 5.10 Å². The van der Waals surface area contributed by atoms with E-state index in [1.165, 1.54) is 0 Å². The van der Waals surface area contributed by atoms with Crippen molar-refractivity contribution in [3.63, 3.8) is 0 Å². The van der Waals surface area contributed by atoms with Crippen molar-refractivity contribution in [3.05, 3.63) is 66.2 Å². The highest BCUT2D eigenvalue weighted by atomic mass is 16.4. The fourth-order valence-corrected chi connectivity index (χ4v) is 2.60. The molecule has 2 aromatic carbocycles. The molecule has 3 aromatic rings. The Bertz CT molecular complexity index is 932. The number of benzene rings is 2. The number of amides is 1. The van der Waals surface area contributed by atoms with Gasteiger partial charge in [-0.15, -0.1) is 0 Å². The molecule has 0 fully saturated rings. The summed E-state index contributed by atoms with van der Waals surface area (Å²) in [5, 5.41) is 16.1. The van der Waals surface area contributed by atoms with Crippen molar-refractivity contribution in [2.75, 3.05) is 5.32 Å². The van der Waals surface area contributed by atoms with Crippen molar-refractivity contribution in [3.8, 4) is 16.9 Å². The first-order valence-corrected chi connectivity index (χ1v) is 8.27. The second kappa shape index (κ2) is 7.65. The van der Waals surface area contributed by atoms with Crippen molar-refractivity contribution < 1.29 is 14.7 Å². The van der Waals surface area contributed by atoms with Crippen molar-refractivity contribution in [1.82, 2.24) is 9.78 Å². The summed E-state index contributed by atoms with van der Waals surface area (Å²) in [5.41, 5.74) is 3.55. The second-order valence-corrected chi connectivity index (χ2v) is 5.97. The Kier molecular flexibility index (Phi) is 5.12. The number of hydrogen-bond acceptors (Lipinski definition) is 3. The van der Waals surface area contributed by atoms with Gasteiger partial charge in [-0.3, -0.25) is 9.59 Å². The van der Waals surface area contributed by atoms with E-state index in [9.17, 15) is 9.59 Å². The molecule has 0 radical (unpaired) electrons. The maximum atomic E-state index is 12.1. The number of nitrogens with zero attached hydrogens (tertiary/aromatic N) is 2. The number of carbonyl (C=O) groups is 2. The molecule has 0 saturated carbocycles. The van der Waals surface area contributed by atoms with Crippen LogP contribution in [0.25, 0.3) is 16.9 Å². The molecule has 1 amide bonds. The maximum Gasteiger partial charge on any atom is 0.303 e. The molecule has 1 aromatic heterocycles. The molecular formula is C20H19N3O3. The van der Waals surface area contributed by atoms with Crippen LogP contribution in [0.2, 0.25) is 0 Å². The van der Waals surface area contributed by atoms with Crippen LogP contribution < -0.4 is 5.32 Å². The Morgan fingerprint density at radius 1 is 1.04 bits per heavy atom. The van der Waals surface area contributed by atoms with E-state index < -0.39 is 5.97 Å². The SMILES string of the molecule is Cc1cccc(-n2nc(-c3ccccc3)cc2NC(=O)CCC(=O)O)c1. The van der Waals surface area contributed by atoms with Gasteiger partial charge in [0, 0.05) is 18.1 Å².